The van der Waals surface area contributed by atoms with E-state index in [-0.39, 0.29) is 12.3 Å². The molecule has 1 fully saturated rings. The van der Waals surface area contributed by atoms with Crippen molar-refractivity contribution < 1.29 is 19.4 Å². The third-order valence-corrected chi connectivity index (χ3v) is 6.58. The SMILES string of the molecule is O=C(CCCc1ccc2ccc3cccc4ccc1c2c34)NC(CO)C(=O)NN1CCOCC1. The molecular formula is C27H29N3O4. The van der Waals surface area contributed by atoms with Gasteiger partial charge in [0.2, 0.25) is 5.91 Å². The molecule has 34 heavy (non-hydrogen) atoms. The van der Waals surface area contributed by atoms with Gasteiger partial charge in [-0.2, -0.15) is 0 Å². The summed E-state index contributed by atoms with van der Waals surface area (Å²) < 4.78 is 5.26. The maximum Gasteiger partial charge on any atom is 0.259 e. The van der Waals surface area contributed by atoms with Gasteiger partial charge in [-0.25, -0.2) is 5.01 Å². The summed E-state index contributed by atoms with van der Waals surface area (Å²) in [5.41, 5.74) is 3.95. The third kappa shape index (κ3) is 4.55. The van der Waals surface area contributed by atoms with Crippen LogP contribution in [0.2, 0.25) is 0 Å². The van der Waals surface area contributed by atoms with Gasteiger partial charge in [0.15, 0.2) is 0 Å². The highest BCUT2D eigenvalue weighted by atomic mass is 16.5. The van der Waals surface area contributed by atoms with Crippen LogP contribution in [0, 0.1) is 0 Å². The number of amides is 2. The number of aliphatic hydroxyl groups is 1. The Labute approximate surface area is 198 Å². The van der Waals surface area contributed by atoms with Crippen molar-refractivity contribution in [1.29, 1.82) is 0 Å². The lowest BCUT2D eigenvalue weighted by molar-refractivity contribution is -0.134. The van der Waals surface area contributed by atoms with E-state index in [0.29, 0.717) is 32.7 Å². The summed E-state index contributed by atoms with van der Waals surface area (Å²) in [7, 11) is 0. The van der Waals surface area contributed by atoms with Crippen LogP contribution in [0.5, 0.6) is 0 Å². The van der Waals surface area contributed by atoms with Gasteiger partial charge in [-0.1, -0.05) is 54.6 Å². The van der Waals surface area contributed by atoms with Crippen molar-refractivity contribution in [1.82, 2.24) is 15.8 Å². The maximum absolute atomic E-state index is 12.5. The Balaban J connectivity index is 1.22. The molecule has 2 amide bonds. The van der Waals surface area contributed by atoms with Crippen molar-refractivity contribution in [2.75, 3.05) is 32.9 Å². The first-order valence-corrected chi connectivity index (χ1v) is 11.8. The van der Waals surface area contributed by atoms with Crippen LogP contribution >= 0.6 is 0 Å². The quantitative estimate of drug-likeness (QED) is 0.353. The summed E-state index contributed by atoms with van der Waals surface area (Å²) in [6.45, 7) is 1.80. The van der Waals surface area contributed by atoms with Gasteiger partial charge in [0.25, 0.3) is 5.91 Å². The third-order valence-electron chi connectivity index (χ3n) is 6.58. The zero-order valence-electron chi connectivity index (χ0n) is 19.0. The van der Waals surface area contributed by atoms with Crippen molar-refractivity contribution in [3.63, 3.8) is 0 Å². The number of nitrogens with one attached hydrogen (secondary N) is 2. The first-order valence-electron chi connectivity index (χ1n) is 11.8. The number of aliphatic hydroxyl groups excluding tert-OH is 1. The molecule has 0 radical (unpaired) electrons. The second-order valence-corrected chi connectivity index (χ2v) is 8.81. The lowest BCUT2D eigenvalue weighted by atomic mass is 9.90. The van der Waals surface area contributed by atoms with Crippen LogP contribution in [0.15, 0.2) is 54.6 Å². The monoisotopic (exact) mass is 459 g/mol. The first-order chi connectivity index (χ1) is 16.6. The summed E-state index contributed by atoms with van der Waals surface area (Å²) in [6.07, 6.45) is 1.69. The molecule has 4 aromatic carbocycles. The molecule has 0 aromatic heterocycles. The highest BCUT2D eigenvalue weighted by molar-refractivity contribution is 6.23. The largest absolute Gasteiger partial charge is 0.394 e. The fourth-order valence-electron chi connectivity index (χ4n) is 4.82. The summed E-state index contributed by atoms with van der Waals surface area (Å²) >= 11 is 0. The Bertz CT molecular complexity index is 1300. The van der Waals surface area contributed by atoms with Crippen LogP contribution in [-0.2, 0) is 20.7 Å². The Hall–Kier alpha value is -3.26. The Morgan fingerprint density at radius 2 is 1.62 bits per heavy atom. The zero-order chi connectivity index (χ0) is 23.5. The maximum atomic E-state index is 12.5. The van der Waals surface area contributed by atoms with Crippen LogP contribution in [-0.4, -0.2) is 60.9 Å². The zero-order valence-corrected chi connectivity index (χ0v) is 19.0. The highest BCUT2D eigenvalue weighted by Gasteiger charge is 2.22. The smallest absolute Gasteiger partial charge is 0.259 e. The Morgan fingerprint density at radius 3 is 2.35 bits per heavy atom. The van der Waals surface area contributed by atoms with E-state index >= 15 is 0 Å². The van der Waals surface area contributed by atoms with Gasteiger partial charge in [0, 0.05) is 19.5 Å². The molecule has 3 N–H and O–H groups in total. The number of hydrogen-bond donors (Lipinski definition) is 3. The molecule has 0 bridgehead atoms. The van der Waals surface area contributed by atoms with Gasteiger partial charge in [0.1, 0.15) is 6.04 Å². The van der Waals surface area contributed by atoms with E-state index in [4.69, 9.17) is 4.74 Å². The number of hydrazine groups is 1. The molecule has 1 aliphatic rings. The van der Waals surface area contributed by atoms with Gasteiger partial charge in [-0.3, -0.25) is 15.0 Å². The molecule has 0 aliphatic carbocycles. The number of hydrogen-bond acceptors (Lipinski definition) is 5. The van der Waals surface area contributed by atoms with Gasteiger partial charge in [-0.05, 0) is 50.7 Å². The molecule has 0 spiro atoms. The minimum atomic E-state index is -0.968. The fraction of sp³-hybridized carbons (Fsp3) is 0.333. The number of carbonyl (C=O) groups excluding carboxylic acids is 2. The molecule has 4 aromatic rings. The van der Waals surface area contributed by atoms with Gasteiger partial charge in [0.05, 0.1) is 19.8 Å². The van der Waals surface area contributed by atoms with Crippen LogP contribution in [0.1, 0.15) is 18.4 Å². The lowest BCUT2D eigenvalue weighted by Gasteiger charge is -2.28. The van der Waals surface area contributed by atoms with E-state index in [2.05, 4.69) is 65.3 Å². The molecule has 5 rings (SSSR count). The summed E-state index contributed by atoms with van der Waals surface area (Å²) in [6, 6.07) is 18.4. The number of aryl methyl sites for hydroxylation is 1. The molecule has 1 atom stereocenters. The van der Waals surface area contributed by atoms with Crippen LogP contribution in [0.4, 0.5) is 0 Å². The molecule has 0 saturated carbocycles. The predicted octanol–water partition coefficient (Wildman–Crippen LogP) is 2.75. The molecule has 176 valence electrons. The van der Waals surface area contributed by atoms with E-state index < -0.39 is 18.6 Å². The second-order valence-electron chi connectivity index (χ2n) is 8.81. The number of morpholine rings is 1. The molecule has 7 nitrogen and oxygen atoms in total. The summed E-state index contributed by atoms with van der Waals surface area (Å²) in [5.74, 6) is -0.654. The van der Waals surface area contributed by atoms with E-state index in [1.807, 2.05) is 0 Å². The number of carbonyl (C=O) groups is 2. The average Bonchev–Trinajstić information content (AvgIpc) is 2.87. The average molecular weight is 460 g/mol. The molecule has 1 heterocycles. The van der Waals surface area contributed by atoms with Crippen LogP contribution in [0.25, 0.3) is 32.3 Å². The molecule has 7 heteroatoms. The molecular weight excluding hydrogens is 430 g/mol. The van der Waals surface area contributed by atoms with Gasteiger partial charge >= 0.3 is 0 Å². The minimum Gasteiger partial charge on any atom is -0.394 e. The van der Waals surface area contributed by atoms with E-state index in [9.17, 15) is 14.7 Å². The summed E-state index contributed by atoms with van der Waals surface area (Å²) in [4.78, 5) is 24.9. The lowest BCUT2D eigenvalue weighted by Crippen LogP contribution is -2.56. The second kappa shape index (κ2) is 9.93. The van der Waals surface area contributed by atoms with Crippen LogP contribution < -0.4 is 10.7 Å². The normalized spacial score (nSPS) is 15.7. The standard InChI is InChI=1S/C27H29N3O4/c31-17-23(27(33)29-30-13-15-34-16-14-30)28-24(32)6-2-3-18-7-8-21-10-9-19-4-1-5-20-11-12-22(18)26(21)25(19)20/h1,4-5,7-12,23,31H,2-3,6,13-17H2,(H,28,32)(H,29,33). The first kappa shape index (κ1) is 22.5. The van der Waals surface area contributed by atoms with Crippen molar-refractivity contribution in [2.45, 2.75) is 25.3 Å². The van der Waals surface area contributed by atoms with Crippen molar-refractivity contribution in [3.8, 4) is 0 Å². The fourth-order valence-corrected chi connectivity index (χ4v) is 4.82. The summed E-state index contributed by atoms with van der Waals surface area (Å²) in [5, 5.41) is 21.5. The van der Waals surface area contributed by atoms with Gasteiger partial charge < -0.3 is 15.2 Å². The van der Waals surface area contributed by atoms with E-state index in [1.165, 1.54) is 37.9 Å². The van der Waals surface area contributed by atoms with Crippen molar-refractivity contribution in [3.05, 3.63) is 60.2 Å². The minimum absolute atomic E-state index is 0.242. The van der Waals surface area contributed by atoms with Crippen molar-refractivity contribution in [2.24, 2.45) is 0 Å². The van der Waals surface area contributed by atoms with Crippen molar-refractivity contribution >= 4 is 44.1 Å². The predicted molar refractivity (Wildman–Crippen MR) is 133 cm³/mol. The topological polar surface area (TPSA) is 90.9 Å². The highest BCUT2D eigenvalue weighted by Crippen LogP contribution is 2.36. The Kier molecular flexibility index (Phi) is 6.58. The van der Waals surface area contributed by atoms with E-state index in [0.717, 1.165) is 6.42 Å². The van der Waals surface area contributed by atoms with Gasteiger partial charge in [-0.15, -0.1) is 0 Å². The molecule has 1 saturated heterocycles. The molecule has 1 unspecified atom stereocenters. The van der Waals surface area contributed by atoms with E-state index in [1.54, 1.807) is 5.01 Å². The van der Waals surface area contributed by atoms with Crippen LogP contribution in [0.3, 0.4) is 0 Å². The number of ether oxygens (including phenoxy) is 1. The molecule has 1 aliphatic heterocycles. The number of benzene rings is 4. The Morgan fingerprint density at radius 1 is 0.941 bits per heavy atom. The number of rotatable bonds is 8. The number of nitrogens with zero attached hydrogens (tertiary/aromatic N) is 1.